The van der Waals surface area contributed by atoms with Gasteiger partial charge < -0.3 is 14.8 Å². The molecule has 5 nitrogen and oxygen atoms in total. The number of benzene rings is 2. The summed E-state index contributed by atoms with van der Waals surface area (Å²) >= 11 is 5.28. The highest BCUT2D eigenvalue weighted by Gasteiger charge is 2.13. The maximum absolute atomic E-state index is 5.36. The van der Waals surface area contributed by atoms with E-state index in [-0.39, 0.29) is 6.79 Å². The average Bonchev–Trinajstić information content (AvgIpc) is 2.99. The zero-order valence-electron chi connectivity index (χ0n) is 13.1. The molecule has 0 radical (unpaired) electrons. The van der Waals surface area contributed by atoms with Crippen LogP contribution in [0.25, 0.3) is 0 Å². The molecular formula is C17H19N3O2S. The fraction of sp³-hybridized carbons (Fsp3) is 0.235. The first-order valence-electron chi connectivity index (χ1n) is 7.37. The van der Waals surface area contributed by atoms with Gasteiger partial charge in [0.1, 0.15) is 0 Å². The van der Waals surface area contributed by atoms with Gasteiger partial charge in [0.2, 0.25) is 6.79 Å². The van der Waals surface area contributed by atoms with Crippen LogP contribution in [0.15, 0.2) is 36.4 Å². The summed E-state index contributed by atoms with van der Waals surface area (Å²) in [6, 6.07) is 12.0. The molecule has 120 valence electrons. The van der Waals surface area contributed by atoms with Gasteiger partial charge in [-0.15, -0.1) is 0 Å². The van der Waals surface area contributed by atoms with Crippen LogP contribution in [0.3, 0.4) is 0 Å². The first-order valence-corrected chi connectivity index (χ1v) is 7.78. The first-order chi connectivity index (χ1) is 11.1. The van der Waals surface area contributed by atoms with E-state index in [2.05, 4.69) is 42.1 Å². The highest BCUT2D eigenvalue weighted by molar-refractivity contribution is 7.80. The van der Waals surface area contributed by atoms with Crippen LogP contribution in [0, 0.1) is 13.8 Å². The van der Waals surface area contributed by atoms with Gasteiger partial charge in [-0.1, -0.05) is 23.8 Å². The number of hydrogen-bond donors (Lipinski definition) is 3. The van der Waals surface area contributed by atoms with Crippen molar-refractivity contribution in [1.82, 2.24) is 10.7 Å². The lowest BCUT2D eigenvalue weighted by Crippen LogP contribution is -2.38. The number of hydrazine groups is 1. The third kappa shape index (κ3) is 3.84. The minimum absolute atomic E-state index is 0.284. The molecular weight excluding hydrogens is 310 g/mol. The van der Waals surface area contributed by atoms with Gasteiger partial charge >= 0.3 is 0 Å². The number of aryl methyl sites for hydroxylation is 2. The molecule has 0 saturated heterocycles. The summed E-state index contributed by atoms with van der Waals surface area (Å²) in [6.07, 6.45) is 0. The van der Waals surface area contributed by atoms with Gasteiger partial charge in [-0.05, 0) is 55.4 Å². The van der Waals surface area contributed by atoms with Crippen molar-refractivity contribution in [2.75, 3.05) is 12.2 Å². The molecule has 0 atom stereocenters. The van der Waals surface area contributed by atoms with Crippen LogP contribution in [0.1, 0.15) is 16.7 Å². The largest absolute Gasteiger partial charge is 0.454 e. The molecule has 1 heterocycles. The molecule has 0 amide bonds. The lowest BCUT2D eigenvalue weighted by molar-refractivity contribution is 0.174. The molecule has 0 bridgehead atoms. The SMILES string of the molecule is Cc1ccc(NNC(=S)NCc2ccc3c(c2)OCO3)c(C)c1. The van der Waals surface area contributed by atoms with Crippen LogP contribution in [-0.4, -0.2) is 11.9 Å². The van der Waals surface area contributed by atoms with E-state index < -0.39 is 0 Å². The van der Waals surface area contributed by atoms with E-state index in [1.807, 2.05) is 24.3 Å². The molecule has 1 aliphatic heterocycles. The van der Waals surface area contributed by atoms with E-state index in [1.54, 1.807) is 0 Å². The van der Waals surface area contributed by atoms with Gasteiger partial charge in [0.05, 0.1) is 5.69 Å². The second kappa shape index (κ2) is 6.75. The van der Waals surface area contributed by atoms with E-state index in [4.69, 9.17) is 21.7 Å². The third-order valence-corrected chi connectivity index (χ3v) is 3.83. The van der Waals surface area contributed by atoms with Crippen LogP contribution in [0.4, 0.5) is 5.69 Å². The molecule has 3 rings (SSSR count). The Bertz CT molecular complexity index is 734. The number of ether oxygens (including phenoxy) is 2. The molecule has 23 heavy (non-hydrogen) atoms. The number of nitrogens with one attached hydrogen (secondary N) is 3. The quantitative estimate of drug-likeness (QED) is 0.592. The Labute approximate surface area is 141 Å². The van der Waals surface area contributed by atoms with Crippen molar-refractivity contribution >= 4 is 23.0 Å². The zero-order chi connectivity index (χ0) is 16.2. The molecule has 0 saturated carbocycles. The van der Waals surface area contributed by atoms with Crippen LogP contribution >= 0.6 is 12.2 Å². The van der Waals surface area contributed by atoms with Crippen molar-refractivity contribution in [3.8, 4) is 11.5 Å². The topological polar surface area (TPSA) is 54.5 Å². The van der Waals surface area contributed by atoms with Crippen molar-refractivity contribution in [2.45, 2.75) is 20.4 Å². The number of fused-ring (bicyclic) bond motifs is 1. The Hall–Kier alpha value is -2.47. The Morgan fingerprint density at radius 1 is 1.09 bits per heavy atom. The molecule has 0 aromatic heterocycles. The summed E-state index contributed by atoms with van der Waals surface area (Å²) < 4.78 is 10.7. The highest BCUT2D eigenvalue weighted by atomic mass is 32.1. The summed E-state index contributed by atoms with van der Waals surface area (Å²) in [4.78, 5) is 0. The maximum Gasteiger partial charge on any atom is 0.231 e. The first kappa shape index (κ1) is 15.4. The number of anilines is 1. The predicted molar refractivity (Wildman–Crippen MR) is 94.7 cm³/mol. The molecule has 1 aliphatic rings. The average molecular weight is 329 g/mol. The van der Waals surface area contributed by atoms with Gasteiger partial charge in [-0.2, -0.15) is 0 Å². The molecule has 0 unspecified atom stereocenters. The number of thiocarbonyl (C=S) groups is 1. The molecule has 2 aromatic carbocycles. The van der Waals surface area contributed by atoms with E-state index in [0.29, 0.717) is 11.7 Å². The Morgan fingerprint density at radius 3 is 2.74 bits per heavy atom. The molecule has 0 fully saturated rings. The number of hydrogen-bond acceptors (Lipinski definition) is 4. The van der Waals surface area contributed by atoms with E-state index in [1.165, 1.54) is 5.56 Å². The molecule has 2 aromatic rings. The molecule has 6 heteroatoms. The van der Waals surface area contributed by atoms with Crippen molar-refractivity contribution < 1.29 is 9.47 Å². The van der Waals surface area contributed by atoms with Crippen molar-refractivity contribution in [1.29, 1.82) is 0 Å². The van der Waals surface area contributed by atoms with E-state index in [9.17, 15) is 0 Å². The predicted octanol–water partition coefficient (Wildman–Crippen LogP) is 3.02. The fourth-order valence-corrected chi connectivity index (χ4v) is 2.48. The maximum atomic E-state index is 5.36. The highest BCUT2D eigenvalue weighted by Crippen LogP contribution is 2.32. The van der Waals surface area contributed by atoms with Crippen LogP contribution in [-0.2, 0) is 6.54 Å². The lowest BCUT2D eigenvalue weighted by atomic mass is 10.1. The van der Waals surface area contributed by atoms with Gasteiger partial charge in [-0.3, -0.25) is 10.9 Å². The van der Waals surface area contributed by atoms with Crippen LogP contribution in [0.2, 0.25) is 0 Å². The Morgan fingerprint density at radius 2 is 1.91 bits per heavy atom. The minimum Gasteiger partial charge on any atom is -0.454 e. The van der Waals surface area contributed by atoms with Crippen molar-refractivity contribution in [3.05, 3.63) is 53.1 Å². The monoisotopic (exact) mass is 329 g/mol. The second-order valence-corrected chi connectivity index (χ2v) is 5.85. The van der Waals surface area contributed by atoms with Crippen molar-refractivity contribution in [3.63, 3.8) is 0 Å². The van der Waals surface area contributed by atoms with Crippen LogP contribution < -0.4 is 25.6 Å². The van der Waals surface area contributed by atoms with Gasteiger partial charge in [0.25, 0.3) is 0 Å². The minimum atomic E-state index is 0.284. The standard InChI is InChI=1S/C17H19N3O2S/c1-11-3-5-14(12(2)7-11)19-20-17(23)18-9-13-4-6-15-16(8-13)22-10-21-15/h3-8,19H,9-10H2,1-2H3,(H2,18,20,23). The summed E-state index contributed by atoms with van der Waals surface area (Å²) in [5, 5.41) is 3.68. The second-order valence-electron chi connectivity index (χ2n) is 5.44. The fourth-order valence-electron chi connectivity index (χ4n) is 2.36. The Kier molecular flexibility index (Phi) is 4.52. The third-order valence-electron chi connectivity index (χ3n) is 3.58. The lowest BCUT2D eigenvalue weighted by Gasteiger charge is -2.14. The zero-order valence-corrected chi connectivity index (χ0v) is 13.9. The van der Waals surface area contributed by atoms with E-state index >= 15 is 0 Å². The van der Waals surface area contributed by atoms with Gasteiger partial charge in [-0.25, -0.2) is 0 Å². The van der Waals surface area contributed by atoms with Crippen LogP contribution in [0.5, 0.6) is 11.5 Å². The molecule has 0 aliphatic carbocycles. The molecule has 0 spiro atoms. The Balaban J connectivity index is 1.50. The summed E-state index contributed by atoms with van der Waals surface area (Å²) in [6.45, 7) is 5.02. The summed E-state index contributed by atoms with van der Waals surface area (Å²) in [5.41, 5.74) is 10.6. The smallest absolute Gasteiger partial charge is 0.231 e. The van der Waals surface area contributed by atoms with Crippen molar-refractivity contribution in [2.24, 2.45) is 0 Å². The normalized spacial score (nSPS) is 11.9. The molecule has 3 N–H and O–H groups in total. The van der Waals surface area contributed by atoms with E-state index in [0.717, 1.165) is 28.3 Å². The van der Waals surface area contributed by atoms with Gasteiger partial charge in [0, 0.05) is 6.54 Å². The number of rotatable bonds is 4. The summed E-state index contributed by atoms with van der Waals surface area (Å²) in [5.74, 6) is 1.56. The van der Waals surface area contributed by atoms with Gasteiger partial charge in [0.15, 0.2) is 16.6 Å². The summed E-state index contributed by atoms with van der Waals surface area (Å²) in [7, 11) is 0.